The molecule has 118 valence electrons. The van der Waals surface area contributed by atoms with Crippen molar-refractivity contribution >= 4 is 0 Å². The van der Waals surface area contributed by atoms with Crippen molar-refractivity contribution in [2.24, 2.45) is 0 Å². The van der Waals surface area contributed by atoms with E-state index in [9.17, 15) is 0 Å². The second-order valence-corrected chi connectivity index (χ2v) is 6.20. The van der Waals surface area contributed by atoms with E-state index < -0.39 is 0 Å². The van der Waals surface area contributed by atoms with Crippen LogP contribution in [0.3, 0.4) is 0 Å². The first-order valence-electron chi connectivity index (χ1n) is 8.44. The first-order valence-corrected chi connectivity index (χ1v) is 8.44. The second kappa shape index (κ2) is 8.52. The van der Waals surface area contributed by atoms with Crippen molar-refractivity contribution in [1.82, 2.24) is 15.1 Å². The minimum absolute atomic E-state index is 0.721. The Kier molecular flexibility index (Phi) is 6.68. The molecular formula is C18H31N3. The van der Waals surface area contributed by atoms with Crippen molar-refractivity contribution in [2.75, 3.05) is 39.8 Å². The van der Waals surface area contributed by atoms with Crippen molar-refractivity contribution in [1.29, 1.82) is 0 Å². The summed E-state index contributed by atoms with van der Waals surface area (Å²) in [5, 5.41) is 3.38. The summed E-state index contributed by atoms with van der Waals surface area (Å²) in [5.74, 6) is 0. The van der Waals surface area contributed by atoms with E-state index in [0.717, 1.165) is 32.1 Å². The maximum atomic E-state index is 3.38. The van der Waals surface area contributed by atoms with E-state index in [1.807, 2.05) is 0 Å². The van der Waals surface area contributed by atoms with Gasteiger partial charge in [-0.25, -0.2) is 0 Å². The molecule has 1 heterocycles. The Bertz CT molecular complexity index is 401. The molecule has 1 fully saturated rings. The maximum Gasteiger partial charge on any atom is 0.0234 e. The molecule has 1 aliphatic heterocycles. The molecule has 1 N–H and O–H groups in total. The van der Waals surface area contributed by atoms with Gasteiger partial charge >= 0.3 is 0 Å². The summed E-state index contributed by atoms with van der Waals surface area (Å²) in [6.45, 7) is 11.3. The molecule has 1 unspecified atom stereocenters. The number of rotatable bonds is 7. The Morgan fingerprint density at radius 2 is 1.81 bits per heavy atom. The van der Waals surface area contributed by atoms with Gasteiger partial charge in [0.1, 0.15) is 0 Å². The molecule has 0 aliphatic carbocycles. The molecule has 0 aromatic heterocycles. The SMILES string of the molecule is CCNCCc1ccc(CN2CCN(C)C(CC)C2)cc1. The number of piperazine rings is 1. The first kappa shape index (κ1) is 16.5. The van der Waals surface area contributed by atoms with Crippen LogP contribution in [0.1, 0.15) is 31.4 Å². The lowest BCUT2D eigenvalue weighted by atomic mass is 10.1. The van der Waals surface area contributed by atoms with Gasteiger partial charge in [0.2, 0.25) is 0 Å². The largest absolute Gasteiger partial charge is 0.317 e. The average Bonchev–Trinajstić information content (AvgIpc) is 2.51. The molecule has 0 saturated carbocycles. The van der Waals surface area contributed by atoms with Crippen LogP contribution >= 0.6 is 0 Å². The van der Waals surface area contributed by atoms with Crippen LogP contribution in [0.15, 0.2) is 24.3 Å². The summed E-state index contributed by atoms with van der Waals surface area (Å²) >= 11 is 0. The van der Waals surface area contributed by atoms with Gasteiger partial charge in [0.25, 0.3) is 0 Å². The third-order valence-electron chi connectivity index (χ3n) is 4.60. The number of benzene rings is 1. The van der Waals surface area contributed by atoms with Crippen LogP contribution in [0.25, 0.3) is 0 Å². The molecule has 1 aromatic rings. The fourth-order valence-electron chi connectivity index (χ4n) is 3.07. The first-order chi connectivity index (χ1) is 10.2. The monoisotopic (exact) mass is 289 g/mol. The highest BCUT2D eigenvalue weighted by atomic mass is 15.3. The molecule has 3 heteroatoms. The molecule has 1 aromatic carbocycles. The van der Waals surface area contributed by atoms with Gasteiger partial charge in [0, 0.05) is 32.2 Å². The van der Waals surface area contributed by atoms with Gasteiger partial charge in [-0.15, -0.1) is 0 Å². The van der Waals surface area contributed by atoms with Crippen molar-refractivity contribution in [3.63, 3.8) is 0 Å². The van der Waals surface area contributed by atoms with Gasteiger partial charge in [-0.1, -0.05) is 38.1 Å². The van der Waals surface area contributed by atoms with Gasteiger partial charge in [-0.3, -0.25) is 4.90 Å². The van der Waals surface area contributed by atoms with E-state index in [1.165, 1.54) is 37.2 Å². The minimum atomic E-state index is 0.721. The molecule has 1 atom stereocenters. The molecule has 2 rings (SSSR count). The smallest absolute Gasteiger partial charge is 0.0234 e. The molecule has 0 bridgehead atoms. The minimum Gasteiger partial charge on any atom is -0.317 e. The van der Waals surface area contributed by atoms with Crippen molar-refractivity contribution in [2.45, 2.75) is 39.3 Å². The Balaban J connectivity index is 1.82. The lowest BCUT2D eigenvalue weighted by Crippen LogP contribution is -2.50. The maximum absolute atomic E-state index is 3.38. The van der Waals surface area contributed by atoms with Gasteiger partial charge in [-0.2, -0.15) is 0 Å². The number of hydrogen-bond donors (Lipinski definition) is 1. The number of nitrogens with zero attached hydrogens (tertiary/aromatic N) is 2. The summed E-state index contributed by atoms with van der Waals surface area (Å²) in [6.07, 6.45) is 2.37. The highest BCUT2D eigenvalue weighted by Gasteiger charge is 2.22. The predicted octanol–water partition coefficient (Wildman–Crippen LogP) is 2.36. The van der Waals surface area contributed by atoms with Gasteiger partial charge in [0.05, 0.1) is 0 Å². The third-order valence-corrected chi connectivity index (χ3v) is 4.60. The van der Waals surface area contributed by atoms with E-state index in [2.05, 4.69) is 60.3 Å². The van der Waals surface area contributed by atoms with Crippen LogP contribution in [0.5, 0.6) is 0 Å². The van der Waals surface area contributed by atoms with Gasteiger partial charge < -0.3 is 10.2 Å². The summed E-state index contributed by atoms with van der Waals surface area (Å²) in [4.78, 5) is 5.10. The van der Waals surface area contributed by atoms with Crippen LogP contribution in [-0.2, 0) is 13.0 Å². The Morgan fingerprint density at radius 1 is 1.10 bits per heavy atom. The van der Waals surface area contributed by atoms with Crippen molar-refractivity contribution in [3.8, 4) is 0 Å². The van der Waals surface area contributed by atoms with E-state index in [0.29, 0.717) is 0 Å². The molecule has 0 amide bonds. The van der Waals surface area contributed by atoms with Gasteiger partial charge in [-0.05, 0) is 44.1 Å². The van der Waals surface area contributed by atoms with Crippen LogP contribution in [0, 0.1) is 0 Å². The lowest BCUT2D eigenvalue weighted by Gasteiger charge is -2.39. The molecule has 0 spiro atoms. The van der Waals surface area contributed by atoms with Crippen LogP contribution in [-0.4, -0.2) is 55.6 Å². The van der Waals surface area contributed by atoms with Crippen LogP contribution in [0.2, 0.25) is 0 Å². The van der Waals surface area contributed by atoms with Crippen LogP contribution < -0.4 is 5.32 Å². The molecule has 1 aliphatic rings. The zero-order valence-corrected chi connectivity index (χ0v) is 13.9. The Labute approximate surface area is 130 Å². The Hall–Kier alpha value is -0.900. The van der Waals surface area contributed by atoms with E-state index in [-0.39, 0.29) is 0 Å². The summed E-state index contributed by atoms with van der Waals surface area (Å²) in [5.41, 5.74) is 2.88. The van der Waals surface area contributed by atoms with Gasteiger partial charge in [0.15, 0.2) is 0 Å². The third kappa shape index (κ3) is 5.10. The summed E-state index contributed by atoms with van der Waals surface area (Å²) in [6, 6.07) is 9.92. The van der Waals surface area contributed by atoms with E-state index in [1.54, 1.807) is 0 Å². The predicted molar refractivity (Wildman–Crippen MR) is 90.7 cm³/mol. The zero-order valence-electron chi connectivity index (χ0n) is 13.9. The quantitative estimate of drug-likeness (QED) is 0.778. The molecule has 1 saturated heterocycles. The standard InChI is InChI=1S/C18H31N3/c1-4-18-15-21(13-12-20(18)3)14-17-8-6-16(7-9-17)10-11-19-5-2/h6-9,18-19H,4-5,10-15H2,1-3H3. The molecular weight excluding hydrogens is 258 g/mol. The van der Waals surface area contributed by atoms with Crippen molar-refractivity contribution in [3.05, 3.63) is 35.4 Å². The molecule has 3 nitrogen and oxygen atoms in total. The molecule has 21 heavy (non-hydrogen) atoms. The van der Waals surface area contributed by atoms with E-state index in [4.69, 9.17) is 0 Å². The fourth-order valence-corrected chi connectivity index (χ4v) is 3.07. The topological polar surface area (TPSA) is 18.5 Å². The second-order valence-electron chi connectivity index (χ2n) is 6.20. The lowest BCUT2D eigenvalue weighted by molar-refractivity contribution is 0.0884. The highest BCUT2D eigenvalue weighted by Crippen LogP contribution is 2.14. The zero-order chi connectivity index (χ0) is 15.1. The summed E-state index contributed by atoms with van der Waals surface area (Å²) < 4.78 is 0. The number of nitrogens with one attached hydrogen (secondary N) is 1. The fraction of sp³-hybridized carbons (Fsp3) is 0.667. The normalized spacial score (nSPS) is 20.8. The van der Waals surface area contributed by atoms with Crippen molar-refractivity contribution < 1.29 is 0 Å². The summed E-state index contributed by atoms with van der Waals surface area (Å²) in [7, 11) is 2.25. The Morgan fingerprint density at radius 3 is 2.48 bits per heavy atom. The number of hydrogen-bond acceptors (Lipinski definition) is 3. The van der Waals surface area contributed by atoms with Crippen LogP contribution in [0.4, 0.5) is 0 Å². The highest BCUT2D eigenvalue weighted by molar-refractivity contribution is 5.22. The average molecular weight is 289 g/mol. The number of likely N-dealkylation sites (N-methyl/N-ethyl adjacent to an activating group) is 2. The van der Waals surface area contributed by atoms with E-state index >= 15 is 0 Å². The molecule has 0 radical (unpaired) electrons.